The molecule has 0 unspecified atom stereocenters. The summed E-state index contributed by atoms with van der Waals surface area (Å²) in [5, 5.41) is 3.84. The Morgan fingerprint density at radius 1 is 1.16 bits per heavy atom. The van der Waals surface area contributed by atoms with Crippen LogP contribution in [-0.2, 0) is 11.3 Å². The Balaban J connectivity index is 1.55. The maximum Gasteiger partial charge on any atom is 0.254 e. The van der Waals surface area contributed by atoms with Crippen LogP contribution in [0.25, 0.3) is 0 Å². The number of hydrogen-bond acceptors (Lipinski definition) is 3. The number of benzene rings is 1. The van der Waals surface area contributed by atoms with Gasteiger partial charge in [0.25, 0.3) is 5.91 Å². The quantitative estimate of drug-likeness (QED) is 0.848. The van der Waals surface area contributed by atoms with Crippen LogP contribution in [0.4, 0.5) is 0 Å². The maximum absolute atomic E-state index is 12.7. The molecule has 130 valence electrons. The van der Waals surface area contributed by atoms with E-state index in [1.807, 2.05) is 44.8 Å². The zero-order chi connectivity index (χ0) is 17.2. The molecule has 0 radical (unpaired) electrons. The number of likely N-dealkylation sites (tertiary alicyclic amines) is 2. The molecular weight excluding hydrogens is 332 g/mol. The van der Waals surface area contributed by atoms with Gasteiger partial charge in [-0.3, -0.25) is 9.59 Å². The summed E-state index contributed by atoms with van der Waals surface area (Å²) in [5.74, 6) is 0.709. The van der Waals surface area contributed by atoms with Crippen LogP contribution in [-0.4, -0.2) is 40.7 Å². The predicted molar refractivity (Wildman–Crippen MR) is 98.3 cm³/mol. The lowest BCUT2D eigenvalue weighted by Gasteiger charge is -2.30. The predicted octanol–water partition coefficient (Wildman–Crippen LogP) is 3.40. The second kappa shape index (κ2) is 7.00. The van der Waals surface area contributed by atoms with Crippen molar-refractivity contribution in [2.45, 2.75) is 31.8 Å². The lowest BCUT2D eigenvalue weighted by Crippen LogP contribution is -2.43. The number of hydrogen-bond donors (Lipinski definition) is 0. The van der Waals surface area contributed by atoms with Crippen molar-refractivity contribution in [3.05, 3.63) is 58.3 Å². The van der Waals surface area contributed by atoms with Crippen molar-refractivity contribution in [1.82, 2.24) is 9.80 Å². The van der Waals surface area contributed by atoms with Gasteiger partial charge in [0.2, 0.25) is 5.91 Å². The largest absolute Gasteiger partial charge is 0.336 e. The van der Waals surface area contributed by atoms with Crippen molar-refractivity contribution in [2.24, 2.45) is 5.92 Å². The molecule has 2 fully saturated rings. The average molecular weight is 354 g/mol. The number of carbonyl (C=O) groups is 2. The third-order valence-corrected chi connectivity index (χ3v) is 6.03. The van der Waals surface area contributed by atoms with E-state index in [-0.39, 0.29) is 17.9 Å². The fourth-order valence-corrected chi connectivity index (χ4v) is 4.68. The first kappa shape index (κ1) is 16.3. The molecular formula is C20H22N2O2S. The Kier molecular flexibility index (Phi) is 4.57. The molecule has 2 aromatic rings. The van der Waals surface area contributed by atoms with Gasteiger partial charge >= 0.3 is 0 Å². The van der Waals surface area contributed by atoms with Crippen molar-refractivity contribution in [1.29, 1.82) is 0 Å². The summed E-state index contributed by atoms with van der Waals surface area (Å²) in [6.07, 6.45) is 2.57. The topological polar surface area (TPSA) is 40.6 Å². The molecule has 4 rings (SSSR count). The molecule has 0 aliphatic carbocycles. The van der Waals surface area contributed by atoms with Gasteiger partial charge in [0.15, 0.2) is 0 Å². The summed E-state index contributed by atoms with van der Waals surface area (Å²) >= 11 is 1.55. The third-order valence-electron chi connectivity index (χ3n) is 5.34. The van der Waals surface area contributed by atoms with Crippen LogP contribution in [0.5, 0.6) is 0 Å². The van der Waals surface area contributed by atoms with Gasteiger partial charge in [0.05, 0.1) is 11.6 Å². The summed E-state index contributed by atoms with van der Waals surface area (Å²) in [4.78, 5) is 29.4. The van der Waals surface area contributed by atoms with E-state index < -0.39 is 0 Å². The highest BCUT2D eigenvalue weighted by atomic mass is 32.1. The van der Waals surface area contributed by atoms with Gasteiger partial charge in [-0.15, -0.1) is 0 Å². The van der Waals surface area contributed by atoms with E-state index in [0.29, 0.717) is 25.4 Å². The van der Waals surface area contributed by atoms with Gasteiger partial charge in [-0.1, -0.05) is 30.3 Å². The molecule has 25 heavy (non-hydrogen) atoms. The van der Waals surface area contributed by atoms with Crippen LogP contribution in [0.3, 0.4) is 0 Å². The molecule has 1 aromatic heterocycles. The molecule has 0 spiro atoms. The summed E-state index contributed by atoms with van der Waals surface area (Å²) in [6, 6.07) is 12.2. The molecule has 2 saturated heterocycles. The smallest absolute Gasteiger partial charge is 0.254 e. The molecule has 0 N–H and O–H groups in total. The van der Waals surface area contributed by atoms with E-state index in [9.17, 15) is 9.59 Å². The standard InChI is InChI=1S/C20H22N2O2S/c23-19-8-4-7-16-12-21(20(24)17-9-10-25-14-17)13-18(16)22(19)11-15-5-2-1-3-6-15/h1-3,5-6,9-10,14,16,18H,4,7-8,11-13H2/t16-,18+/m1/s1. The van der Waals surface area contributed by atoms with Crippen molar-refractivity contribution in [2.75, 3.05) is 13.1 Å². The molecule has 2 aliphatic rings. The Hall–Kier alpha value is -2.14. The normalized spacial score (nSPS) is 23.4. The van der Waals surface area contributed by atoms with Gasteiger partial charge < -0.3 is 9.80 Å². The van der Waals surface area contributed by atoms with E-state index >= 15 is 0 Å². The van der Waals surface area contributed by atoms with E-state index in [1.165, 1.54) is 0 Å². The van der Waals surface area contributed by atoms with Crippen molar-refractivity contribution < 1.29 is 9.59 Å². The third kappa shape index (κ3) is 3.33. The van der Waals surface area contributed by atoms with Crippen LogP contribution in [0.15, 0.2) is 47.2 Å². The SMILES string of the molecule is O=C(c1ccsc1)N1C[C@H]2CCCC(=O)N(Cc3ccccc3)[C@H]2C1. The number of rotatable bonds is 3. The fourth-order valence-electron chi connectivity index (χ4n) is 4.06. The van der Waals surface area contributed by atoms with Gasteiger partial charge in [-0.05, 0) is 35.8 Å². The van der Waals surface area contributed by atoms with Crippen molar-refractivity contribution in [3.63, 3.8) is 0 Å². The summed E-state index contributed by atoms with van der Waals surface area (Å²) in [5.41, 5.74) is 1.92. The summed E-state index contributed by atoms with van der Waals surface area (Å²) < 4.78 is 0. The Bertz CT molecular complexity index is 744. The second-order valence-electron chi connectivity index (χ2n) is 6.95. The molecule has 2 aliphatic heterocycles. The van der Waals surface area contributed by atoms with Crippen LogP contribution in [0.2, 0.25) is 0 Å². The number of thiophene rings is 1. The highest BCUT2D eigenvalue weighted by Crippen LogP contribution is 2.32. The van der Waals surface area contributed by atoms with E-state index in [2.05, 4.69) is 12.1 Å². The van der Waals surface area contributed by atoms with E-state index in [0.717, 1.165) is 30.5 Å². The Labute approximate surface area is 152 Å². The number of amides is 2. The Morgan fingerprint density at radius 2 is 2.00 bits per heavy atom. The van der Waals surface area contributed by atoms with Gasteiger partial charge in [-0.25, -0.2) is 0 Å². The number of carbonyl (C=O) groups excluding carboxylic acids is 2. The molecule has 0 bridgehead atoms. The molecule has 0 saturated carbocycles. The lowest BCUT2D eigenvalue weighted by molar-refractivity contribution is -0.133. The Morgan fingerprint density at radius 3 is 2.76 bits per heavy atom. The summed E-state index contributed by atoms with van der Waals surface area (Å²) in [7, 11) is 0. The minimum absolute atomic E-state index is 0.0985. The zero-order valence-corrected chi connectivity index (χ0v) is 15.0. The molecule has 2 amide bonds. The number of nitrogens with zero attached hydrogens (tertiary/aromatic N) is 2. The van der Waals surface area contributed by atoms with Gasteiger partial charge in [0.1, 0.15) is 0 Å². The molecule has 1 aromatic carbocycles. The summed E-state index contributed by atoms with van der Waals surface area (Å²) in [6.45, 7) is 2.05. The monoisotopic (exact) mass is 354 g/mol. The van der Waals surface area contributed by atoms with Crippen molar-refractivity contribution >= 4 is 23.2 Å². The minimum atomic E-state index is 0.0985. The lowest BCUT2D eigenvalue weighted by atomic mass is 9.98. The first-order valence-electron chi connectivity index (χ1n) is 8.87. The van der Waals surface area contributed by atoms with Crippen LogP contribution < -0.4 is 0 Å². The molecule has 2 atom stereocenters. The van der Waals surface area contributed by atoms with Crippen LogP contribution >= 0.6 is 11.3 Å². The molecule has 3 heterocycles. The van der Waals surface area contributed by atoms with Gasteiger partial charge in [-0.2, -0.15) is 11.3 Å². The van der Waals surface area contributed by atoms with Crippen molar-refractivity contribution in [3.8, 4) is 0 Å². The first-order chi connectivity index (χ1) is 12.2. The zero-order valence-electron chi connectivity index (χ0n) is 14.1. The van der Waals surface area contributed by atoms with Gasteiger partial charge in [0, 0.05) is 31.4 Å². The fraction of sp³-hybridized carbons (Fsp3) is 0.400. The highest BCUT2D eigenvalue weighted by Gasteiger charge is 2.41. The minimum Gasteiger partial charge on any atom is -0.336 e. The second-order valence-corrected chi connectivity index (χ2v) is 7.73. The molecule has 5 heteroatoms. The van der Waals surface area contributed by atoms with Crippen LogP contribution in [0.1, 0.15) is 35.2 Å². The maximum atomic E-state index is 12.7. The van der Waals surface area contributed by atoms with E-state index in [1.54, 1.807) is 11.3 Å². The van der Waals surface area contributed by atoms with Crippen LogP contribution in [0, 0.1) is 5.92 Å². The number of fused-ring (bicyclic) bond motifs is 1. The molecule has 4 nitrogen and oxygen atoms in total. The highest BCUT2D eigenvalue weighted by molar-refractivity contribution is 7.08. The first-order valence-corrected chi connectivity index (χ1v) is 9.81. The van der Waals surface area contributed by atoms with E-state index in [4.69, 9.17) is 0 Å². The average Bonchev–Trinajstić information content (AvgIpc) is 3.28.